The highest BCUT2D eigenvalue weighted by Gasteiger charge is 2.30. The minimum atomic E-state index is -4.39. The van der Waals surface area contributed by atoms with Gasteiger partial charge in [0, 0.05) is 11.9 Å². The maximum atomic E-state index is 12.8. The van der Waals surface area contributed by atoms with E-state index in [2.05, 4.69) is 15.5 Å². The van der Waals surface area contributed by atoms with Gasteiger partial charge in [-0.1, -0.05) is 12.1 Å². The van der Waals surface area contributed by atoms with Crippen LogP contribution in [-0.2, 0) is 24.1 Å². The number of aryl methyl sites for hydroxylation is 2. The Kier molecular flexibility index (Phi) is 5.02. The first kappa shape index (κ1) is 18.7. The summed E-state index contributed by atoms with van der Waals surface area (Å²) in [5, 5.41) is 11.0. The highest BCUT2D eigenvalue weighted by molar-refractivity contribution is 5.90. The summed E-state index contributed by atoms with van der Waals surface area (Å²) in [6.45, 7) is 3.94. The molecule has 1 N–H and O–H groups in total. The third kappa shape index (κ3) is 4.75. The number of carbonyl (C=O) groups excluding carboxylic acids is 1. The van der Waals surface area contributed by atoms with Crippen LogP contribution in [0.15, 0.2) is 42.7 Å². The Bertz CT molecular complexity index is 958. The summed E-state index contributed by atoms with van der Waals surface area (Å²) in [4.78, 5) is 12.1. The molecule has 0 aliphatic heterocycles. The molecule has 0 spiro atoms. The summed E-state index contributed by atoms with van der Waals surface area (Å²) < 4.78 is 41.4. The second-order valence-corrected chi connectivity index (χ2v) is 6.26. The van der Waals surface area contributed by atoms with Crippen LogP contribution < -0.4 is 5.32 Å². The Morgan fingerprint density at radius 3 is 2.67 bits per heavy atom. The van der Waals surface area contributed by atoms with Crippen LogP contribution in [0.3, 0.4) is 0 Å². The molecule has 2 heterocycles. The molecule has 0 saturated heterocycles. The number of hydrogen-bond acceptors (Lipinski definition) is 3. The van der Waals surface area contributed by atoms with Gasteiger partial charge in [0.2, 0.25) is 5.91 Å². The lowest BCUT2D eigenvalue weighted by molar-refractivity contribution is -0.137. The Hall–Kier alpha value is -3.10. The fraction of sp³-hybridized carbons (Fsp3) is 0.278. The molecule has 3 rings (SSSR count). The minimum absolute atomic E-state index is 0.0679. The van der Waals surface area contributed by atoms with Crippen molar-refractivity contribution in [3.63, 3.8) is 0 Å². The molecule has 0 bridgehead atoms. The highest BCUT2D eigenvalue weighted by atomic mass is 19.4. The number of anilines is 1. The molecule has 3 aromatic rings. The summed E-state index contributed by atoms with van der Waals surface area (Å²) in [6.07, 6.45) is -1.37. The van der Waals surface area contributed by atoms with Crippen molar-refractivity contribution in [2.45, 2.75) is 33.1 Å². The van der Waals surface area contributed by atoms with Crippen molar-refractivity contribution in [2.75, 3.05) is 5.32 Å². The van der Waals surface area contributed by atoms with E-state index in [1.54, 1.807) is 16.9 Å². The largest absolute Gasteiger partial charge is 0.416 e. The standard InChI is InChI=1S/C18H18F3N5O/c1-12-6-13(2)26(24-12)11-17(27)23-16-8-22-25(10-16)9-14-4-3-5-15(7-14)18(19,20)21/h3-8,10H,9,11H2,1-2H3,(H,23,27). The van der Waals surface area contributed by atoms with Crippen LogP contribution in [0.1, 0.15) is 22.5 Å². The van der Waals surface area contributed by atoms with Crippen molar-refractivity contribution in [1.82, 2.24) is 19.6 Å². The number of nitrogens with zero attached hydrogens (tertiary/aromatic N) is 4. The van der Waals surface area contributed by atoms with Crippen LogP contribution in [-0.4, -0.2) is 25.5 Å². The van der Waals surface area contributed by atoms with Gasteiger partial charge in [-0.25, -0.2) is 0 Å². The fourth-order valence-electron chi connectivity index (χ4n) is 2.72. The number of alkyl halides is 3. The topological polar surface area (TPSA) is 64.7 Å². The Morgan fingerprint density at radius 1 is 1.22 bits per heavy atom. The number of hydrogen-bond donors (Lipinski definition) is 1. The van der Waals surface area contributed by atoms with Gasteiger partial charge < -0.3 is 5.32 Å². The number of nitrogens with one attached hydrogen (secondary N) is 1. The fourth-order valence-corrected chi connectivity index (χ4v) is 2.72. The molecule has 1 aromatic carbocycles. The van der Waals surface area contributed by atoms with E-state index in [1.807, 2.05) is 19.9 Å². The van der Waals surface area contributed by atoms with Crippen molar-refractivity contribution in [3.8, 4) is 0 Å². The molecule has 0 atom stereocenters. The van der Waals surface area contributed by atoms with E-state index in [1.165, 1.54) is 16.9 Å². The van der Waals surface area contributed by atoms with E-state index in [0.717, 1.165) is 23.5 Å². The van der Waals surface area contributed by atoms with Gasteiger partial charge in [0.15, 0.2) is 0 Å². The summed E-state index contributed by atoms with van der Waals surface area (Å²) >= 11 is 0. The van der Waals surface area contributed by atoms with E-state index in [4.69, 9.17) is 0 Å². The molecule has 0 aliphatic carbocycles. The van der Waals surface area contributed by atoms with Crippen molar-refractivity contribution in [1.29, 1.82) is 0 Å². The Balaban J connectivity index is 1.63. The first-order chi connectivity index (χ1) is 12.7. The lowest BCUT2D eigenvalue weighted by Gasteiger charge is -2.08. The van der Waals surface area contributed by atoms with Gasteiger partial charge in [0.05, 0.1) is 29.7 Å². The second-order valence-electron chi connectivity index (χ2n) is 6.26. The normalized spacial score (nSPS) is 11.6. The average Bonchev–Trinajstić information content (AvgIpc) is 3.13. The number of halogens is 3. The molecule has 142 valence electrons. The average molecular weight is 377 g/mol. The molecule has 1 amide bonds. The molecular formula is C18H18F3N5O. The molecule has 27 heavy (non-hydrogen) atoms. The van der Waals surface area contributed by atoms with E-state index < -0.39 is 11.7 Å². The van der Waals surface area contributed by atoms with Gasteiger partial charge in [-0.3, -0.25) is 14.2 Å². The van der Waals surface area contributed by atoms with Gasteiger partial charge >= 0.3 is 6.18 Å². The molecular weight excluding hydrogens is 359 g/mol. The molecule has 2 aromatic heterocycles. The number of amides is 1. The second kappa shape index (κ2) is 7.26. The van der Waals surface area contributed by atoms with Crippen LogP contribution in [0.2, 0.25) is 0 Å². The lowest BCUT2D eigenvalue weighted by Crippen LogP contribution is -2.20. The zero-order chi connectivity index (χ0) is 19.6. The van der Waals surface area contributed by atoms with Gasteiger partial charge in [-0.2, -0.15) is 23.4 Å². The van der Waals surface area contributed by atoms with Crippen LogP contribution in [0.25, 0.3) is 0 Å². The highest BCUT2D eigenvalue weighted by Crippen LogP contribution is 2.29. The molecule has 6 nitrogen and oxygen atoms in total. The van der Waals surface area contributed by atoms with Crippen LogP contribution >= 0.6 is 0 Å². The quantitative estimate of drug-likeness (QED) is 0.741. The van der Waals surface area contributed by atoms with Gasteiger partial charge in [-0.05, 0) is 37.6 Å². The number of benzene rings is 1. The van der Waals surface area contributed by atoms with E-state index in [9.17, 15) is 18.0 Å². The molecule has 0 fully saturated rings. The number of aromatic nitrogens is 4. The van der Waals surface area contributed by atoms with E-state index in [0.29, 0.717) is 11.3 Å². The smallest absolute Gasteiger partial charge is 0.322 e. The number of rotatable bonds is 5. The van der Waals surface area contributed by atoms with Crippen molar-refractivity contribution < 1.29 is 18.0 Å². The Labute approximate surface area is 153 Å². The van der Waals surface area contributed by atoms with E-state index in [-0.39, 0.29) is 19.0 Å². The van der Waals surface area contributed by atoms with Gasteiger partial charge in [0.1, 0.15) is 6.54 Å². The number of carbonyl (C=O) groups is 1. The molecule has 0 radical (unpaired) electrons. The lowest BCUT2D eigenvalue weighted by atomic mass is 10.1. The van der Waals surface area contributed by atoms with Crippen molar-refractivity contribution in [2.24, 2.45) is 0 Å². The first-order valence-corrected chi connectivity index (χ1v) is 8.20. The zero-order valence-electron chi connectivity index (χ0n) is 14.8. The Morgan fingerprint density at radius 2 is 2.00 bits per heavy atom. The molecule has 0 unspecified atom stereocenters. The van der Waals surface area contributed by atoms with Crippen molar-refractivity contribution >= 4 is 11.6 Å². The summed E-state index contributed by atoms with van der Waals surface area (Å²) in [5.74, 6) is -0.264. The maximum Gasteiger partial charge on any atom is 0.416 e. The monoisotopic (exact) mass is 377 g/mol. The zero-order valence-corrected chi connectivity index (χ0v) is 14.8. The van der Waals surface area contributed by atoms with Crippen LogP contribution in [0.5, 0.6) is 0 Å². The predicted molar refractivity (Wildman–Crippen MR) is 93.1 cm³/mol. The van der Waals surface area contributed by atoms with Crippen LogP contribution in [0, 0.1) is 13.8 Å². The van der Waals surface area contributed by atoms with Gasteiger partial charge in [0.25, 0.3) is 0 Å². The molecule has 0 saturated carbocycles. The maximum absolute atomic E-state index is 12.8. The minimum Gasteiger partial charge on any atom is -0.322 e. The van der Waals surface area contributed by atoms with Crippen LogP contribution in [0.4, 0.5) is 18.9 Å². The first-order valence-electron chi connectivity index (χ1n) is 8.20. The summed E-state index contributed by atoms with van der Waals surface area (Å²) in [6, 6.07) is 6.94. The third-order valence-corrected chi connectivity index (χ3v) is 3.91. The third-order valence-electron chi connectivity index (χ3n) is 3.91. The van der Waals surface area contributed by atoms with Gasteiger partial charge in [-0.15, -0.1) is 0 Å². The predicted octanol–water partition coefficient (Wildman–Crippen LogP) is 3.40. The summed E-state index contributed by atoms with van der Waals surface area (Å²) in [7, 11) is 0. The van der Waals surface area contributed by atoms with Crippen molar-refractivity contribution in [3.05, 3.63) is 65.2 Å². The summed E-state index contributed by atoms with van der Waals surface area (Å²) in [5.41, 5.74) is 1.93. The molecule has 0 aliphatic rings. The SMILES string of the molecule is Cc1cc(C)n(CC(=O)Nc2cnn(Cc3cccc(C(F)(F)F)c3)c2)n1. The van der Waals surface area contributed by atoms with E-state index >= 15 is 0 Å². The molecule has 9 heteroatoms.